The molecule has 1 aliphatic heterocycles. The molecule has 1 aliphatic rings. The Bertz CT molecular complexity index is 1590. The summed E-state index contributed by atoms with van der Waals surface area (Å²) in [7, 11) is 1.50. The van der Waals surface area contributed by atoms with E-state index in [2.05, 4.69) is 25.3 Å². The molecule has 4 aromatic rings. The van der Waals surface area contributed by atoms with E-state index in [1.807, 2.05) is 0 Å². The quantitative estimate of drug-likeness (QED) is 0.276. The molecule has 0 aliphatic carbocycles. The number of thiazole rings is 1. The summed E-state index contributed by atoms with van der Waals surface area (Å²) in [5.41, 5.74) is 2.23. The van der Waals surface area contributed by atoms with Gasteiger partial charge in [0.15, 0.2) is 5.13 Å². The molecule has 0 aromatic carbocycles. The second-order valence-corrected chi connectivity index (χ2v) is 10.4. The normalized spacial score (nSPS) is 12.5. The molecule has 0 unspecified atom stereocenters. The van der Waals surface area contributed by atoms with Crippen LogP contribution in [0.2, 0.25) is 10.2 Å². The van der Waals surface area contributed by atoms with Crippen molar-refractivity contribution in [2.24, 2.45) is 0 Å². The van der Waals surface area contributed by atoms with Gasteiger partial charge in [0, 0.05) is 34.8 Å². The monoisotopic (exact) mass is 590 g/mol. The van der Waals surface area contributed by atoms with Crippen molar-refractivity contribution < 1.29 is 23.1 Å². The van der Waals surface area contributed by atoms with Crippen molar-refractivity contribution in [2.75, 3.05) is 12.4 Å². The molecule has 9 nitrogen and oxygen atoms in total. The lowest BCUT2D eigenvalue weighted by Crippen LogP contribution is -2.27. The summed E-state index contributed by atoms with van der Waals surface area (Å²) in [6.45, 7) is 2.16. The Balaban J connectivity index is 1.34. The summed E-state index contributed by atoms with van der Waals surface area (Å²) in [6, 6.07) is 4.40. The number of aryl methyl sites for hydroxylation is 1. The third kappa shape index (κ3) is 5.40. The molecule has 0 saturated heterocycles. The molecule has 0 saturated carbocycles. The van der Waals surface area contributed by atoms with Gasteiger partial charge in [-0.05, 0) is 25.1 Å². The first-order valence-corrected chi connectivity index (χ1v) is 12.9. The fourth-order valence-electron chi connectivity index (χ4n) is 4.04. The van der Waals surface area contributed by atoms with Crippen molar-refractivity contribution in [3.05, 3.63) is 80.1 Å². The summed E-state index contributed by atoms with van der Waals surface area (Å²) < 4.78 is 31.2. The van der Waals surface area contributed by atoms with Gasteiger partial charge in [-0.1, -0.05) is 34.5 Å². The Hall–Kier alpha value is -3.74. The van der Waals surface area contributed by atoms with Crippen molar-refractivity contribution >= 4 is 51.5 Å². The van der Waals surface area contributed by atoms with E-state index in [0.29, 0.717) is 33.4 Å². The van der Waals surface area contributed by atoms with E-state index in [1.54, 1.807) is 19.1 Å². The molecule has 200 valence electrons. The van der Waals surface area contributed by atoms with Gasteiger partial charge in [-0.15, -0.1) is 0 Å². The number of halogens is 4. The molecule has 0 bridgehead atoms. The topological polar surface area (TPSA) is 110 Å². The Morgan fingerprint density at radius 3 is 2.56 bits per heavy atom. The molecule has 5 heterocycles. The molecule has 2 amide bonds. The third-order valence-electron chi connectivity index (χ3n) is 5.91. The predicted molar refractivity (Wildman–Crippen MR) is 142 cm³/mol. The summed E-state index contributed by atoms with van der Waals surface area (Å²) in [4.78, 5) is 45.0. The number of alkyl halides is 2. The largest absolute Gasteiger partial charge is 0.494 e. The number of anilines is 1. The zero-order valence-corrected chi connectivity index (χ0v) is 22.7. The SMILES string of the molecule is COc1cnc(Cl)cc1-c1cc(C)ncc1C(=O)Nc1nc2c(s1)CN(C(=O)c1ncc(C(F)F)cc1Cl)C2. The van der Waals surface area contributed by atoms with E-state index in [4.69, 9.17) is 27.9 Å². The summed E-state index contributed by atoms with van der Waals surface area (Å²) in [5, 5.41) is 3.24. The Morgan fingerprint density at radius 2 is 1.87 bits per heavy atom. The van der Waals surface area contributed by atoms with E-state index < -0.39 is 18.2 Å². The molecule has 39 heavy (non-hydrogen) atoms. The third-order valence-corrected chi connectivity index (χ3v) is 7.40. The first kappa shape index (κ1) is 26.9. The lowest BCUT2D eigenvalue weighted by atomic mass is 10.0. The molecule has 4 aromatic heterocycles. The van der Waals surface area contributed by atoms with Crippen LogP contribution in [0.4, 0.5) is 13.9 Å². The van der Waals surface area contributed by atoms with Crippen molar-refractivity contribution in [1.82, 2.24) is 24.8 Å². The van der Waals surface area contributed by atoms with Crippen molar-refractivity contribution in [3.8, 4) is 16.9 Å². The van der Waals surface area contributed by atoms with Gasteiger partial charge in [0.25, 0.3) is 18.2 Å². The maximum absolute atomic E-state index is 13.3. The fourth-order valence-corrected chi connectivity index (χ4v) is 5.43. The molecule has 0 spiro atoms. The molecular weight excluding hydrogens is 573 g/mol. The highest BCUT2D eigenvalue weighted by Crippen LogP contribution is 2.36. The van der Waals surface area contributed by atoms with Crippen molar-refractivity contribution in [3.63, 3.8) is 0 Å². The van der Waals surface area contributed by atoms with Gasteiger partial charge in [-0.2, -0.15) is 0 Å². The molecule has 0 atom stereocenters. The maximum Gasteiger partial charge on any atom is 0.274 e. The highest BCUT2D eigenvalue weighted by molar-refractivity contribution is 7.16. The number of amides is 2. The number of hydrogen-bond donors (Lipinski definition) is 1. The van der Waals surface area contributed by atoms with Crippen LogP contribution in [0.5, 0.6) is 5.75 Å². The minimum absolute atomic E-state index is 0.115. The highest BCUT2D eigenvalue weighted by atomic mass is 35.5. The van der Waals surface area contributed by atoms with Crippen LogP contribution in [-0.4, -0.2) is 43.8 Å². The van der Waals surface area contributed by atoms with Gasteiger partial charge in [0.05, 0.1) is 47.6 Å². The van der Waals surface area contributed by atoms with E-state index >= 15 is 0 Å². The number of nitrogens with zero attached hydrogens (tertiary/aromatic N) is 5. The zero-order chi connectivity index (χ0) is 27.8. The highest BCUT2D eigenvalue weighted by Gasteiger charge is 2.30. The van der Waals surface area contributed by atoms with Gasteiger partial charge in [0.1, 0.15) is 16.6 Å². The van der Waals surface area contributed by atoms with Crippen molar-refractivity contribution in [1.29, 1.82) is 0 Å². The number of methoxy groups -OCH3 is 1. The number of carbonyl (C=O) groups excluding carboxylic acids is 2. The number of rotatable bonds is 6. The van der Waals surface area contributed by atoms with E-state index in [0.717, 1.165) is 17.1 Å². The lowest BCUT2D eigenvalue weighted by Gasteiger charge is -2.16. The van der Waals surface area contributed by atoms with Gasteiger partial charge in [-0.25, -0.2) is 23.7 Å². The van der Waals surface area contributed by atoms with Crippen molar-refractivity contribution in [2.45, 2.75) is 26.4 Å². The summed E-state index contributed by atoms with van der Waals surface area (Å²) in [5.74, 6) is -0.504. The summed E-state index contributed by atoms with van der Waals surface area (Å²) in [6.07, 6.45) is 1.13. The van der Waals surface area contributed by atoms with Gasteiger partial charge >= 0.3 is 0 Å². The van der Waals surface area contributed by atoms with Crippen LogP contribution < -0.4 is 10.1 Å². The zero-order valence-electron chi connectivity index (χ0n) is 20.3. The van der Waals surface area contributed by atoms with E-state index in [9.17, 15) is 18.4 Å². The average molecular weight is 591 g/mol. The molecule has 0 fully saturated rings. The second kappa shape index (κ2) is 10.8. The fraction of sp³-hybridized carbons (Fsp3) is 0.200. The minimum atomic E-state index is -2.74. The number of aromatic nitrogens is 4. The first-order chi connectivity index (χ1) is 18.6. The molecular formula is C25H18Cl2F2N6O3S. The van der Waals surface area contributed by atoms with Crippen LogP contribution in [0.3, 0.4) is 0 Å². The van der Waals surface area contributed by atoms with E-state index in [-0.39, 0.29) is 40.1 Å². The molecule has 5 rings (SSSR count). The summed E-state index contributed by atoms with van der Waals surface area (Å²) >= 11 is 13.4. The molecule has 0 radical (unpaired) electrons. The second-order valence-electron chi connectivity index (χ2n) is 8.48. The number of pyridine rings is 3. The lowest BCUT2D eigenvalue weighted by molar-refractivity contribution is 0.0744. The number of hydrogen-bond acceptors (Lipinski definition) is 8. The Kier molecular flexibility index (Phi) is 7.43. The Labute approximate surface area is 234 Å². The molecule has 1 N–H and O–H groups in total. The average Bonchev–Trinajstić information content (AvgIpc) is 3.47. The predicted octanol–water partition coefficient (Wildman–Crippen LogP) is 5.96. The van der Waals surface area contributed by atoms with Gasteiger partial charge < -0.3 is 9.64 Å². The number of nitrogens with one attached hydrogen (secondary N) is 1. The van der Waals surface area contributed by atoms with Crippen LogP contribution in [0.25, 0.3) is 11.1 Å². The minimum Gasteiger partial charge on any atom is -0.494 e. The van der Waals surface area contributed by atoms with Crippen LogP contribution >= 0.6 is 34.5 Å². The van der Waals surface area contributed by atoms with Crippen LogP contribution in [0.1, 0.15) is 49.1 Å². The number of carbonyl (C=O) groups is 2. The van der Waals surface area contributed by atoms with E-state index in [1.165, 1.54) is 35.7 Å². The van der Waals surface area contributed by atoms with Crippen LogP contribution in [0.15, 0.2) is 36.8 Å². The van der Waals surface area contributed by atoms with Gasteiger partial charge in [-0.3, -0.25) is 19.9 Å². The number of fused-ring (bicyclic) bond motifs is 1. The first-order valence-electron chi connectivity index (χ1n) is 11.3. The standard InChI is InChI=1S/C25H18Cl2F2N6O3S/c1-11-3-13(14-5-20(27)31-8-18(14)38-2)15(7-30-11)23(36)34-25-33-17-9-35(10-19(17)39-25)24(37)21-16(26)4-12(6-32-21)22(28)29/h3-8,22H,9-10H2,1-2H3,(H,33,34,36). The number of ether oxygens (including phenoxy) is 1. The molecule has 14 heteroatoms. The van der Waals surface area contributed by atoms with Crippen LogP contribution in [0, 0.1) is 6.92 Å². The van der Waals surface area contributed by atoms with Crippen LogP contribution in [-0.2, 0) is 13.1 Å². The smallest absolute Gasteiger partial charge is 0.274 e. The maximum atomic E-state index is 13.3. The Morgan fingerprint density at radius 1 is 1.08 bits per heavy atom. The van der Waals surface area contributed by atoms with Gasteiger partial charge in [0.2, 0.25) is 0 Å².